The minimum absolute atomic E-state index is 0.137. The first-order valence-corrected chi connectivity index (χ1v) is 10.1. The summed E-state index contributed by atoms with van der Waals surface area (Å²) < 4.78 is 29.6. The molecule has 0 amide bonds. The van der Waals surface area contributed by atoms with Crippen LogP contribution in [0.25, 0.3) is 16.7 Å². The first-order chi connectivity index (χ1) is 12.9. The van der Waals surface area contributed by atoms with Crippen LogP contribution in [-0.4, -0.2) is 34.5 Å². The normalized spacial score (nSPS) is 12.0. The number of para-hydroxylation sites is 2. The van der Waals surface area contributed by atoms with E-state index in [0.717, 1.165) is 5.52 Å². The summed E-state index contributed by atoms with van der Waals surface area (Å²) >= 11 is 5.90. The van der Waals surface area contributed by atoms with Gasteiger partial charge in [-0.3, -0.25) is 4.40 Å². The zero-order valence-electron chi connectivity index (χ0n) is 14.7. The van der Waals surface area contributed by atoms with Gasteiger partial charge in [0.05, 0.1) is 15.9 Å². The van der Waals surface area contributed by atoms with Crippen LogP contribution in [0.15, 0.2) is 53.4 Å². The summed E-state index contributed by atoms with van der Waals surface area (Å²) in [7, 11) is -3.84. The number of fused-ring (bicyclic) bond motifs is 3. The van der Waals surface area contributed by atoms with E-state index in [-0.39, 0.29) is 17.3 Å². The second-order valence-electron chi connectivity index (χ2n) is 5.95. The summed E-state index contributed by atoms with van der Waals surface area (Å²) in [5.41, 5.74) is 1.87. The van der Waals surface area contributed by atoms with Crippen molar-refractivity contribution in [1.29, 1.82) is 0 Å². The maximum Gasteiger partial charge on any atom is 0.265 e. The van der Waals surface area contributed by atoms with Crippen LogP contribution >= 0.6 is 11.6 Å². The summed E-state index contributed by atoms with van der Waals surface area (Å²) in [6.07, 6.45) is 0. The van der Waals surface area contributed by atoms with Crippen molar-refractivity contribution in [3.8, 4) is 0 Å². The van der Waals surface area contributed by atoms with Crippen molar-refractivity contribution < 1.29 is 8.42 Å². The quantitative estimate of drug-likeness (QED) is 0.523. The second-order valence-corrected chi connectivity index (χ2v) is 8.25. The van der Waals surface area contributed by atoms with E-state index in [2.05, 4.69) is 15.2 Å². The van der Waals surface area contributed by atoms with Gasteiger partial charge in [-0.15, -0.1) is 10.2 Å². The minimum Gasteiger partial charge on any atom is -0.274 e. The van der Waals surface area contributed by atoms with E-state index in [9.17, 15) is 8.42 Å². The van der Waals surface area contributed by atoms with Crippen LogP contribution in [0.1, 0.15) is 12.7 Å². The zero-order chi connectivity index (χ0) is 19.2. The molecule has 0 saturated heterocycles. The van der Waals surface area contributed by atoms with Crippen LogP contribution in [0.4, 0.5) is 5.82 Å². The maximum absolute atomic E-state index is 13.2. The van der Waals surface area contributed by atoms with E-state index < -0.39 is 10.0 Å². The number of anilines is 1. The first kappa shape index (κ1) is 17.7. The van der Waals surface area contributed by atoms with E-state index in [4.69, 9.17) is 11.6 Å². The predicted molar refractivity (Wildman–Crippen MR) is 105 cm³/mol. The van der Waals surface area contributed by atoms with Gasteiger partial charge in [0.1, 0.15) is 5.82 Å². The highest BCUT2D eigenvalue weighted by molar-refractivity contribution is 7.92. The Bertz CT molecular complexity index is 1250. The number of benzene rings is 2. The van der Waals surface area contributed by atoms with Gasteiger partial charge in [-0.2, -0.15) is 0 Å². The molecule has 0 radical (unpaired) electrons. The minimum atomic E-state index is -3.84. The molecule has 0 saturated carbocycles. The molecule has 2 heterocycles. The summed E-state index contributed by atoms with van der Waals surface area (Å²) in [5.74, 6) is 0.900. The standard InChI is InChI=1S/C18H16ClN5O2S/c1-3-23(27(25,26)14-10-8-13(19)9-11-14)17-18-22-21-12(2)24(18)16-7-5-4-6-15(16)20-17/h4-11H,3H2,1-2H3. The molecule has 4 rings (SSSR count). The van der Waals surface area contributed by atoms with Gasteiger partial charge in [0.15, 0.2) is 5.82 Å². The van der Waals surface area contributed by atoms with Crippen molar-refractivity contribution in [2.24, 2.45) is 0 Å². The SMILES string of the molecule is CCN(c1nc2ccccc2n2c(C)nnc12)S(=O)(=O)c1ccc(Cl)cc1. The summed E-state index contributed by atoms with van der Waals surface area (Å²) in [6.45, 7) is 3.77. The molecule has 7 nitrogen and oxygen atoms in total. The molecule has 138 valence electrons. The van der Waals surface area contributed by atoms with Crippen molar-refractivity contribution >= 4 is 44.1 Å². The smallest absolute Gasteiger partial charge is 0.265 e. The summed E-state index contributed by atoms with van der Waals surface area (Å²) in [4.78, 5) is 4.73. The van der Waals surface area contributed by atoms with E-state index in [0.29, 0.717) is 22.0 Å². The Hall–Kier alpha value is -2.71. The number of hydrogen-bond acceptors (Lipinski definition) is 5. The van der Waals surface area contributed by atoms with Crippen molar-refractivity contribution in [3.63, 3.8) is 0 Å². The lowest BCUT2D eigenvalue weighted by Crippen LogP contribution is -2.32. The summed E-state index contributed by atoms with van der Waals surface area (Å²) in [6, 6.07) is 13.5. The molecule has 9 heteroatoms. The Labute approximate surface area is 161 Å². The number of hydrogen-bond donors (Lipinski definition) is 0. The van der Waals surface area contributed by atoms with Crippen LogP contribution in [0.2, 0.25) is 5.02 Å². The third-order valence-electron chi connectivity index (χ3n) is 4.30. The van der Waals surface area contributed by atoms with Crippen molar-refractivity contribution in [1.82, 2.24) is 19.6 Å². The number of rotatable bonds is 4. The van der Waals surface area contributed by atoms with Gasteiger partial charge >= 0.3 is 0 Å². The number of halogens is 1. The molecule has 0 aliphatic rings. The van der Waals surface area contributed by atoms with Crippen LogP contribution in [-0.2, 0) is 10.0 Å². The van der Waals surface area contributed by atoms with Gasteiger partial charge in [-0.25, -0.2) is 17.7 Å². The second kappa shape index (κ2) is 6.47. The van der Waals surface area contributed by atoms with Crippen LogP contribution in [0.5, 0.6) is 0 Å². The largest absolute Gasteiger partial charge is 0.274 e. The van der Waals surface area contributed by atoms with Crippen LogP contribution in [0, 0.1) is 6.92 Å². The molecule has 0 atom stereocenters. The topological polar surface area (TPSA) is 80.5 Å². The molecule has 27 heavy (non-hydrogen) atoms. The Morgan fingerprint density at radius 2 is 1.78 bits per heavy atom. The lowest BCUT2D eigenvalue weighted by Gasteiger charge is -2.22. The summed E-state index contributed by atoms with van der Waals surface area (Å²) in [5, 5.41) is 8.77. The van der Waals surface area contributed by atoms with Gasteiger partial charge < -0.3 is 0 Å². The average molecular weight is 402 g/mol. The molecule has 0 unspecified atom stereocenters. The number of nitrogens with zero attached hydrogens (tertiary/aromatic N) is 5. The molecule has 2 aromatic carbocycles. The Balaban J connectivity index is 1.99. The molecule has 0 bridgehead atoms. The van der Waals surface area contributed by atoms with E-state index >= 15 is 0 Å². The number of aryl methyl sites for hydroxylation is 1. The lowest BCUT2D eigenvalue weighted by atomic mass is 10.3. The fourth-order valence-electron chi connectivity index (χ4n) is 3.04. The average Bonchev–Trinajstić information content (AvgIpc) is 3.05. The molecule has 2 aromatic heterocycles. The van der Waals surface area contributed by atoms with Crippen molar-refractivity contribution in [2.45, 2.75) is 18.7 Å². The van der Waals surface area contributed by atoms with Crippen LogP contribution in [0.3, 0.4) is 0 Å². The fraction of sp³-hybridized carbons (Fsp3) is 0.167. The van der Waals surface area contributed by atoms with Gasteiger partial charge in [-0.05, 0) is 50.2 Å². The van der Waals surface area contributed by atoms with E-state index in [1.165, 1.54) is 16.4 Å². The number of sulfonamides is 1. The molecular weight excluding hydrogens is 386 g/mol. The van der Waals surface area contributed by atoms with Gasteiger partial charge in [0, 0.05) is 11.6 Å². The molecule has 4 aromatic rings. The Morgan fingerprint density at radius 3 is 2.48 bits per heavy atom. The van der Waals surface area contributed by atoms with Gasteiger partial charge in [-0.1, -0.05) is 23.7 Å². The lowest BCUT2D eigenvalue weighted by molar-refractivity contribution is 0.591. The van der Waals surface area contributed by atoms with Crippen molar-refractivity contribution in [3.05, 3.63) is 59.4 Å². The van der Waals surface area contributed by atoms with Gasteiger partial charge in [0.25, 0.3) is 10.0 Å². The highest BCUT2D eigenvalue weighted by Gasteiger charge is 2.28. The predicted octanol–water partition coefficient (Wildman–Crippen LogP) is 3.45. The molecule has 0 spiro atoms. The number of aromatic nitrogens is 4. The fourth-order valence-corrected chi connectivity index (χ4v) is 4.59. The van der Waals surface area contributed by atoms with E-state index in [1.54, 1.807) is 19.1 Å². The first-order valence-electron chi connectivity index (χ1n) is 8.32. The molecular formula is C18H16ClN5O2S. The molecule has 0 aliphatic carbocycles. The monoisotopic (exact) mass is 401 g/mol. The Kier molecular flexibility index (Phi) is 4.24. The third-order valence-corrected chi connectivity index (χ3v) is 6.43. The highest BCUT2D eigenvalue weighted by Crippen LogP contribution is 2.29. The van der Waals surface area contributed by atoms with Crippen molar-refractivity contribution in [2.75, 3.05) is 10.8 Å². The molecule has 0 N–H and O–H groups in total. The molecule has 0 fully saturated rings. The third kappa shape index (κ3) is 2.81. The zero-order valence-corrected chi connectivity index (χ0v) is 16.2. The van der Waals surface area contributed by atoms with E-state index in [1.807, 2.05) is 35.6 Å². The van der Waals surface area contributed by atoms with Crippen LogP contribution < -0.4 is 4.31 Å². The maximum atomic E-state index is 13.2. The Morgan fingerprint density at radius 1 is 1.07 bits per heavy atom. The van der Waals surface area contributed by atoms with Gasteiger partial charge in [0.2, 0.25) is 5.65 Å². The molecule has 0 aliphatic heterocycles. The highest BCUT2D eigenvalue weighted by atomic mass is 35.5.